The number of pyridine rings is 2. The van der Waals surface area contributed by atoms with Crippen LogP contribution in [0.1, 0.15) is 18.9 Å². The average Bonchev–Trinajstić information content (AvgIpc) is 3.16. The van der Waals surface area contributed by atoms with Crippen LogP contribution in [0, 0.1) is 5.82 Å². The third-order valence-electron chi connectivity index (χ3n) is 3.43. The van der Waals surface area contributed by atoms with Gasteiger partial charge in [0.05, 0.1) is 5.39 Å². The fraction of sp³-hybridized carbons (Fsp3) is 0.250. The lowest BCUT2D eigenvalue weighted by Crippen LogP contribution is -2.16. The maximum Gasteiger partial charge on any atom is 0.271 e. The van der Waals surface area contributed by atoms with Crippen molar-refractivity contribution in [1.82, 2.24) is 13.9 Å². The fourth-order valence-corrected chi connectivity index (χ4v) is 3.42. The summed E-state index contributed by atoms with van der Waals surface area (Å²) in [6.45, 7) is 0. The van der Waals surface area contributed by atoms with Gasteiger partial charge in [0.15, 0.2) is 11.0 Å². The predicted molar refractivity (Wildman–Crippen MR) is 75.2 cm³/mol. The van der Waals surface area contributed by atoms with Crippen LogP contribution in [-0.4, -0.2) is 13.9 Å². The molecule has 0 amide bonds. The highest BCUT2D eigenvalue weighted by Crippen LogP contribution is 2.39. The quantitative estimate of drug-likeness (QED) is 0.702. The summed E-state index contributed by atoms with van der Waals surface area (Å²) in [5, 5.41) is -0.110. The number of halogens is 2. The highest BCUT2D eigenvalue weighted by molar-refractivity contribution is 7.12. The summed E-state index contributed by atoms with van der Waals surface area (Å²) in [5.41, 5.74) is -0.606. The molecule has 1 aliphatic rings. The molecule has 20 heavy (non-hydrogen) atoms. The Morgan fingerprint density at radius 2 is 2.20 bits per heavy atom. The van der Waals surface area contributed by atoms with Crippen molar-refractivity contribution in [3.05, 3.63) is 37.6 Å². The van der Waals surface area contributed by atoms with Crippen molar-refractivity contribution in [2.24, 2.45) is 0 Å². The molecule has 3 heterocycles. The van der Waals surface area contributed by atoms with Gasteiger partial charge in [-0.25, -0.2) is 9.37 Å². The van der Waals surface area contributed by atoms with Gasteiger partial charge in [0.1, 0.15) is 15.9 Å². The van der Waals surface area contributed by atoms with Crippen LogP contribution in [0.4, 0.5) is 4.39 Å². The van der Waals surface area contributed by atoms with Gasteiger partial charge in [0.2, 0.25) is 5.43 Å². The molecule has 0 radical (unpaired) electrons. The summed E-state index contributed by atoms with van der Waals surface area (Å²) in [4.78, 5) is 28.7. The molecule has 1 saturated carbocycles. The molecule has 102 valence electrons. The molecule has 3 aromatic rings. The number of nitrogens with one attached hydrogen (secondary N) is 1. The maximum atomic E-state index is 13.6. The topological polar surface area (TPSA) is 67.8 Å². The van der Waals surface area contributed by atoms with Crippen molar-refractivity contribution >= 4 is 44.4 Å². The van der Waals surface area contributed by atoms with E-state index in [4.69, 9.17) is 11.6 Å². The smallest absolute Gasteiger partial charge is 0.271 e. The number of aromatic nitrogens is 3. The first-order chi connectivity index (χ1) is 9.58. The zero-order chi connectivity index (χ0) is 14.0. The SMILES string of the molecule is O=c1[nH]sc2c1c(=O)c1cc(F)c(Cl)nc1n2C1CC1. The second-order valence-corrected chi connectivity index (χ2v) is 5.93. The van der Waals surface area contributed by atoms with Crippen LogP contribution < -0.4 is 11.0 Å². The fourth-order valence-electron chi connectivity index (χ4n) is 2.37. The van der Waals surface area contributed by atoms with E-state index in [1.54, 1.807) is 0 Å². The molecule has 8 heteroatoms. The third-order valence-corrected chi connectivity index (χ3v) is 4.57. The Kier molecular flexibility index (Phi) is 2.34. The molecule has 0 aliphatic heterocycles. The van der Waals surface area contributed by atoms with E-state index >= 15 is 0 Å². The van der Waals surface area contributed by atoms with Crippen LogP contribution in [0.15, 0.2) is 15.7 Å². The first-order valence-corrected chi connectivity index (χ1v) is 7.19. The summed E-state index contributed by atoms with van der Waals surface area (Å²) in [7, 11) is 0. The molecule has 1 fully saturated rings. The van der Waals surface area contributed by atoms with E-state index in [1.807, 2.05) is 4.57 Å². The van der Waals surface area contributed by atoms with Gasteiger partial charge in [-0.05, 0) is 30.4 Å². The zero-order valence-electron chi connectivity index (χ0n) is 9.94. The third kappa shape index (κ3) is 1.50. The molecule has 1 N–H and O–H groups in total. The Morgan fingerprint density at radius 1 is 1.45 bits per heavy atom. The number of hydrogen-bond donors (Lipinski definition) is 1. The van der Waals surface area contributed by atoms with E-state index < -0.39 is 16.8 Å². The molecule has 3 aromatic heterocycles. The van der Waals surface area contributed by atoms with E-state index in [-0.39, 0.29) is 22.0 Å². The van der Waals surface area contributed by atoms with E-state index in [9.17, 15) is 14.0 Å². The van der Waals surface area contributed by atoms with Gasteiger partial charge in [-0.2, -0.15) is 0 Å². The van der Waals surface area contributed by atoms with Gasteiger partial charge < -0.3 is 4.57 Å². The Hall–Kier alpha value is -1.73. The Labute approximate surface area is 119 Å². The van der Waals surface area contributed by atoms with Crippen LogP contribution >= 0.6 is 23.1 Å². The maximum absolute atomic E-state index is 13.6. The number of rotatable bonds is 1. The highest BCUT2D eigenvalue weighted by Gasteiger charge is 2.29. The van der Waals surface area contributed by atoms with Crippen LogP contribution in [0.5, 0.6) is 0 Å². The molecule has 5 nitrogen and oxygen atoms in total. The predicted octanol–water partition coefficient (Wildman–Crippen LogP) is 2.43. The molecule has 4 rings (SSSR count). The minimum atomic E-state index is -0.760. The molecular formula is C12H7ClFN3O2S. The van der Waals surface area contributed by atoms with Crippen LogP contribution in [0.2, 0.25) is 5.15 Å². The lowest BCUT2D eigenvalue weighted by Gasteiger charge is -2.10. The van der Waals surface area contributed by atoms with Gasteiger partial charge in [-0.15, -0.1) is 0 Å². The van der Waals surface area contributed by atoms with Crippen molar-refractivity contribution in [3.8, 4) is 0 Å². The minimum Gasteiger partial charge on any atom is -0.312 e. The highest BCUT2D eigenvalue weighted by atomic mass is 35.5. The van der Waals surface area contributed by atoms with Gasteiger partial charge in [-0.3, -0.25) is 14.0 Å². The molecule has 1 aliphatic carbocycles. The lowest BCUT2D eigenvalue weighted by molar-refractivity contribution is 0.623. The van der Waals surface area contributed by atoms with Crippen LogP contribution in [0.25, 0.3) is 21.3 Å². The molecule has 0 atom stereocenters. The summed E-state index contributed by atoms with van der Waals surface area (Å²) >= 11 is 6.82. The van der Waals surface area contributed by atoms with Crippen molar-refractivity contribution < 1.29 is 4.39 Å². The second-order valence-electron chi connectivity index (χ2n) is 4.78. The Balaban J connectivity index is 2.34. The van der Waals surface area contributed by atoms with Gasteiger partial charge in [0, 0.05) is 6.04 Å². The van der Waals surface area contributed by atoms with Gasteiger partial charge in [0.25, 0.3) is 5.56 Å². The molecule has 0 aromatic carbocycles. The molecule has 0 bridgehead atoms. The molecule has 0 saturated heterocycles. The minimum absolute atomic E-state index is 0.0675. The molecule has 0 unspecified atom stereocenters. The number of aromatic amines is 1. The van der Waals surface area contributed by atoms with Crippen LogP contribution in [0.3, 0.4) is 0 Å². The van der Waals surface area contributed by atoms with E-state index in [0.717, 1.165) is 30.4 Å². The summed E-state index contributed by atoms with van der Waals surface area (Å²) in [6, 6.07) is 1.24. The molecule has 0 spiro atoms. The van der Waals surface area contributed by atoms with Crippen molar-refractivity contribution in [3.63, 3.8) is 0 Å². The Bertz CT molecular complexity index is 986. The zero-order valence-corrected chi connectivity index (χ0v) is 11.5. The first kappa shape index (κ1) is 12.0. The first-order valence-electron chi connectivity index (χ1n) is 5.99. The van der Waals surface area contributed by atoms with Crippen molar-refractivity contribution in [2.75, 3.05) is 0 Å². The van der Waals surface area contributed by atoms with Crippen LogP contribution in [-0.2, 0) is 0 Å². The Morgan fingerprint density at radius 3 is 2.90 bits per heavy atom. The summed E-state index contributed by atoms with van der Waals surface area (Å²) < 4.78 is 18.0. The second kappa shape index (κ2) is 3.89. The van der Waals surface area contributed by atoms with Crippen molar-refractivity contribution in [1.29, 1.82) is 0 Å². The normalized spacial score (nSPS) is 15.3. The average molecular weight is 312 g/mol. The number of fused-ring (bicyclic) bond motifs is 2. The largest absolute Gasteiger partial charge is 0.312 e. The standard InChI is InChI=1S/C12H7ClFN3O2S/c13-9-6(14)3-5-8(18)7-11(19)16-20-12(7)17(4-1-2-4)10(5)15-9/h3-4H,1-2H2,(H,16,19). The lowest BCUT2D eigenvalue weighted by atomic mass is 10.2. The number of hydrogen-bond acceptors (Lipinski definition) is 4. The monoisotopic (exact) mass is 311 g/mol. The molecular weight excluding hydrogens is 305 g/mol. The number of nitrogens with zero attached hydrogens (tertiary/aromatic N) is 2. The van der Waals surface area contributed by atoms with Gasteiger partial charge in [-0.1, -0.05) is 11.6 Å². The summed E-state index contributed by atoms with van der Waals surface area (Å²) in [6.07, 6.45) is 1.88. The van der Waals surface area contributed by atoms with E-state index in [0.29, 0.717) is 10.5 Å². The van der Waals surface area contributed by atoms with E-state index in [1.165, 1.54) is 0 Å². The summed E-state index contributed by atoms with van der Waals surface area (Å²) in [5.74, 6) is -0.760. The number of H-pyrrole nitrogens is 1. The van der Waals surface area contributed by atoms with Gasteiger partial charge >= 0.3 is 0 Å². The van der Waals surface area contributed by atoms with Crippen molar-refractivity contribution in [2.45, 2.75) is 18.9 Å². The van der Waals surface area contributed by atoms with E-state index in [2.05, 4.69) is 9.36 Å².